The Hall–Kier alpha value is -0.610. The molecule has 0 saturated carbocycles. The van der Waals surface area contributed by atoms with Gasteiger partial charge in [0.2, 0.25) is 0 Å². The highest BCUT2D eigenvalue weighted by Crippen LogP contribution is 2.14. The van der Waals surface area contributed by atoms with Gasteiger partial charge in [-0.1, -0.05) is 0 Å². The van der Waals surface area contributed by atoms with Crippen molar-refractivity contribution in [3.05, 3.63) is 0 Å². The zero-order valence-corrected chi connectivity index (χ0v) is 9.21. The summed E-state index contributed by atoms with van der Waals surface area (Å²) in [6, 6.07) is 0. The van der Waals surface area contributed by atoms with Crippen molar-refractivity contribution in [2.24, 2.45) is 0 Å². The number of nitrogens with zero attached hydrogens (tertiary/aromatic N) is 1. The topological polar surface area (TPSA) is 38.8 Å². The van der Waals surface area contributed by atoms with E-state index in [1.54, 1.807) is 4.90 Å². The van der Waals surface area contributed by atoms with Crippen LogP contribution < -0.4 is 0 Å². The van der Waals surface area contributed by atoms with Crippen molar-refractivity contribution in [1.82, 2.24) is 4.90 Å². The molecule has 4 nitrogen and oxygen atoms in total. The van der Waals surface area contributed by atoms with E-state index in [0.717, 1.165) is 0 Å². The molecule has 1 saturated heterocycles. The summed E-state index contributed by atoms with van der Waals surface area (Å²) >= 11 is 0. The van der Waals surface area contributed by atoms with Gasteiger partial charge in [-0.2, -0.15) is 0 Å². The fraction of sp³-hybridized carbons (Fsp3) is 0.900. The first-order valence-corrected chi connectivity index (χ1v) is 5.09. The number of carbonyl (C=O) groups is 1. The van der Waals surface area contributed by atoms with E-state index in [0.29, 0.717) is 32.9 Å². The summed E-state index contributed by atoms with van der Waals surface area (Å²) in [6.45, 7) is 8.70. The van der Waals surface area contributed by atoms with Crippen LogP contribution >= 0.6 is 0 Å². The van der Waals surface area contributed by atoms with Crippen LogP contribution in [0.4, 0.5) is 0 Å². The molecule has 1 fully saturated rings. The van der Waals surface area contributed by atoms with Crippen LogP contribution in [-0.4, -0.2) is 49.3 Å². The smallest absolute Gasteiger partial charge is 0.254 e. The fourth-order valence-corrected chi connectivity index (χ4v) is 1.57. The van der Waals surface area contributed by atoms with Gasteiger partial charge in [0.15, 0.2) is 0 Å². The molecule has 0 aromatic carbocycles. The maximum Gasteiger partial charge on any atom is 0.254 e. The molecule has 0 aromatic rings. The number of rotatable bonds is 3. The van der Waals surface area contributed by atoms with Gasteiger partial charge in [-0.15, -0.1) is 0 Å². The van der Waals surface area contributed by atoms with Gasteiger partial charge in [0, 0.05) is 19.7 Å². The average Bonchev–Trinajstić information content (AvgIpc) is 2.18. The second kappa shape index (κ2) is 4.75. The zero-order valence-electron chi connectivity index (χ0n) is 9.21. The van der Waals surface area contributed by atoms with Crippen LogP contribution in [0.5, 0.6) is 0 Å². The van der Waals surface area contributed by atoms with Gasteiger partial charge < -0.3 is 14.4 Å². The quantitative estimate of drug-likeness (QED) is 0.673. The predicted molar refractivity (Wildman–Crippen MR) is 53.1 cm³/mol. The molecule has 1 amide bonds. The summed E-state index contributed by atoms with van der Waals surface area (Å²) in [4.78, 5) is 13.8. The van der Waals surface area contributed by atoms with Gasteiger partial charge in [0.1, 0.15) is 5.60 Å². The third-order valence-electron chi connectivity index (χ3n) is 2.32. The molecule has 1 heterocycles. The monoisotopic (exact) mass is 201 g/mol. The number of ether oxygens (including phenoxy) is 2. The number of amides is 1. The molecule has 4 heteroatoms. The number of hydrogen-bond acceptors (Lipinski definition) is 3. The summed E-state index contributed by atoms with van der Waals surface area (Å²) in [5.74, 6) is 0.0580. The van der Waals surface area contributed by atoms with E-state index in [2.05, 4.69) is 0 Å². The molecular formula is C10H19NO3. The van der Waals surface area contributed by atoms with Gasteiger partial charge in [0.25, 0.3) is 5.91 Å². The van der Waals surface area contributed by atoms with Crippen LogP contribution in [0.3, 0.4) is 0 Å². The lowest BCUT2D eigenvalue weighted by Crippen LogP contribution is -2.51. The Morgan fingerprint density at radius 2 is 2.00 bits per heavy atom. The van der Waals surface area contributed by atoms with Crippen molar-refractivity contribution in [2.45, 2.75) is 26.4 Å². The van der Waals surface area contributed by atoms with Crippen LogP contribution in [0.1, 0.15) is 20.8 Å². The van der Waals surface area contributed by atoms with Crippen LogP contribution in [-0.2, 0) is 14.3 Å². The average molecular weight is 201 g/mol. The molecule has 1 aliphatic rings. The van der Waals surface area contributed by atoms with Crippen molar-refractivity contribution >= 4 is 5.91 Å². The van der Waals surface area contributed by atoms with Gasteiger partial charge in [-0.25, -0.2) is 0 Å². The van der Waals surface area contributed by atoms with E-state index in [4.69, 9.17) is 9.47 Å². The van der Waals surface area contributed by atoms with Gasteiger partial charge >= 0.3 is 0 Å². The molecule has 1 aliphatic heterocycles. The van der Waals surface area contributed by atoms with Crippen molar-refractivity contribution in [2.75, 3.05) is 32.9 Å². The Morgan fingerprint density at radius 3 is 2.50 bits per heavy atom. The Labute approximate surface area is 85.2 Å². The van der Waals surface area contributed by atoms with E-state index in [-0.39, 0.29) is 5.91 Å². The summed E-state index contributed by atoms with van der Waals surface area (Å²) in [5, 5.41) is 0. The summed E-state index contributed by atoms with van der Waals surface area (Å²) in [5.41, 5.74) is -0.702. The summed E-state index contributed by atoms with van der Waals surface area (Å²) in [7, 11) is 0. The Kier molecular flexibility index (Phi) is 3.89. The highest BCUT2D eigenvalue weighted by molar-refractivity contribution is 5.84. The second-order valence-corrected chi connectivity index (χ2v) is 3.85. The molecule has 0 N–H and O–H groups in total. The Balaban J connectivity index is 2.53. The molecule has 0 atom stereocenters. The van der Waals surface area contributed by atoms with E-state index < -0.39 is 5.60 Å². The molecule has 0 bridgehead atoms. The largest absolute Gasteiger partial charge is 0.378 e. The minimum Gasteiger partial charge on any atom is -0.378 e. The van der Waals surface area contributed by atoms with Crippen LogP contribution in [0.15, 0.2) is 0 Å². The molecule has 82 valence electrons. The lowest BCUT2D eigenvalue weighted by molar-refractivity contribution is -0.157. The molecule has 14 heavy (non-hydrogen) atoms. The lowest BCUT2D eigenvalue weighted by atomic mass is 10.1. The lowest BCUT2D eigenvalue weighted by Gasteiger charge is -2.33. The molecular weight excluding hydrogens is 182 g/mol. The molecule has 0 aliphatic carbocycles. The number of morpholine rings is 1. The first-order valence-electron chi connectivity index (χ1n) is 5.09. The van der Waals surface area contributed by atoms with Crippen LogP contribution in [0.2, 0.25) is 0 Å². The van der Waals surface area contributed by atoms with Crippen molar-refractivity contribution in [1.29, 1.82) is 0 Å². The van der Waals surface area contributed by atoms with E-state index in [9.17, 15) is 4.79 Å². The molecule has 0 aromatic heterocycles. The standard InChI is InChI=1S/C10H19NO3/c1-4-14-10(2,3)9(12)11-5-7-13-8-6-11/h4-8H2,1-3H3. The summed E-state index contributed by atoms with van der Waals surface area (Å²) in [6.07, 6.45) is 0. The minimum atomic E-state index is -0.702. The molecule has 0 unspecified atom stereocenters. The third kappa shape index (κ3) is 2.69. The summed E-state index contributed by atoms with van der Waals surface area (Å²) < 4.78 is 10.6. The van der Waals surface area contributed by atoms with Crippen molar-refractivity contribution < 1.29 is 14.3 Å². The van der Waals surface area contributed by atoms with Crippen LogP contribution in [0.25, 0.3) is 0 Å². The third-order valence-corrected chi connectivity index (χ3v) is 2.32. The molecule has 0 radical (unpaired) electrons. The number of carbonyl (C=O) groups excluding carboxylic acids is 1. The fourth-order valence-electron chi connectivity index (χ4n) is 1.57. The van der Waals surface area contributed by atoms with Gasteiger partial charge in [-0.3, -0.25) is 4.79 Å². The minimum absolute atomic E-state index is 0.0580. The Bertz CT molecular complexity index is 198. The molecule has 0 spiro atoms. The highest BCUT2D eigenvalue weighted by Gasteiger charge is 2.33. The first-order chi connectivity index (χ1) is 6.58. The first kappa shape index (κ1) is 11.5. The Morgan fingerprint density at radius 1 is 1.43 bits per heavy atom. The van der Waals surface area contributed by atoms with Crippen LogP contribution in [0, 0.1) is 0 Å². The van der Waals surface area contributed by atoms with Gasteiger partial charge in [0.05, 0.1) is 13.2 Å². The van der Waals surface area contributed by atoms with Crippen molar-refractivity contribution in [3.63, 3.8) is 0 Å². The normalized spacial score (nSPS) is 18.4. The van der Waals surface area contributed by atoms with E-state index in [1.165, 1.54) is 0 Å². The zero-order chi connectivity index (χ0) is 10.6. The number of hydrogen-bond donors (Lipinski definition) is 0. The SMILES string of the molecule is CCOC(C)(C)C(=O)N1CCOCC1. The maximum atomic E-state index is 12.0. The van der Waals surface area contributed by atoms with Gasteiger partial charge in [-0.05, 0) is 20.8 Å². The second-order valence-electron chi connectivity index (χ2n) is 3.85. The predicted octanol–water partition coefficient (Wildman–Crippen LogP) is 0.660. The van der Waals surface area contributed by atoms with E-state index in [1.807, 2.05) is 20.8 Å². The van der Waals surface area contributed by atoms with Crippen molar-refractivity contribution in [3.8, 4) is 0 Å². The highest BCUT2D eigenvalue weighted by atomic mass is 16.5. The van der Waals surface area contributed by atoms with E-state index >= 15 is 0 Å². The maximum absolute atomic E-state index is 12.0. The molecule has 1 rings (SSSR count).